The molecule has 0 heterocycles. The van der Waals surface area contributed by atoms with Gasteiger partial charge in [-0.2, -0.15) is 0 Å². The van der Waals surface area contributed by atoms with Gasteiger partial charge in [0, 0.05) is 6.04 Å². The molecule has 3 heteroatoms. The normalized spacial score (nSPS) is 13.1. The van der Waals surface area contributed by atoms with Crippen molar-refractivity contribution in [1.82, 2.24) is 5.32 Å². The number of halogens is 1. The molecular formula is C13H20FNO. The lowest BCUT2D eigenvalue weighted by molar-refractivity contribution is 0.212. The fourth-order valence-corrected chi connectivity index (χ4v) is 1.61. The quantitative estimate of drug-likeness (QED) is 0.776. The van der Waals surface area contributed by atoms with Crippen molar-refractivity contribution in [3.63, 3.8) is 0 Å². The number of hydrogen-bond acceptors (Lipinski definition) is 2. The fourth-order valence-electron chi connectivity index (χ4n) is 1.61. The summed E-state index contributed by atoms with van der Waals surface area (Å²) in [4.78, 5) is 0. The molecule has 0 radical (unpaired) electrons. The topological polar surface area (TPSA) is 32.3 Å². The van der Waals surface area contributed by atoms with E-state index in [1.807, 2.05) is 6.07 Å². The molecule has 1 aromatic rings. The summed E-state index contributed by atoms with van der Waals surface area (Å²) in [6, 6.07) is 6.74. The van der Waals surface area contributed by atoms with Crippen LogP contribution in [0.2, 0.25) is 0 Å². The number of hydrogen-bond donors (Lipinski definition) is 2. The Labute approximate surface area is 96.5 Å². The molecule has 0 aliphatic carbocycles. The monoisotopic (exact) mass is 225 g/mol. The summed E-state index contributed by atoms with van der Waals surface area (Å²) in [6.45, 7) is 5.03. The molecule has 0 spiro atoms. The zero-order valence-corrected chi connectivity index (χ0v) is 9.91. The number of benzene rings is 1. The van der Waals surface area contributed by atoms with E-state index in [2.05, 4.69) is 19.2 Å². The van der Waals surface area contributed by atoms with E-state index in [9.17, 15) is 4.39 Å². The number of aliphatic hydroxyl groups excluding tert-OH is 1. The van der Waals surface area contributed by atoms with E-state index in [1.54, 1.807) is 12.1 Å². The molecule has 0 bridgehead atoms. The minimum Gasteiger partial charge on any atom is -0.395 e. The minimum atomic E-state index is -0.194. The summed E-state index contributed by atoms with van der Waals surface area (Å²) in [5.74, 6) is 0.206. The second-order valence-corrected chi connectivity index (χ2v) is 4.37. The molecule has 90 valence electrons. The molecule has 0 aliphatic rings. The maximum atomic E-state index is 12.9. The summed E-state index contributed by atoms with van der Waals surface area (Å²) in [7, 11) is 0. The van der Waals surface area contributed by atoms with Gasteiger partial charge in [0.2, 0.25) is 0 Å². The van der Waals surface area contributed by atoms with Gasteiger partial charge in [0.05, 0.1) is 6.61 Å². The van der Waals surface area contributed by atoms with Crippen LogP contribution >= 0.6 is 0 Å². The van der Waals surface area contributed by atoms with Crippen LogP contribution in [0.4, 0.5) is 4.39 Å². The molecule has 0 amide bonds. The average molecular weight is 225 g/mol. The Kier molecular flexibility index (Phi) is 5.43. The Morgan fingerprint density at radius 3 is 2.69 bits per heavy atom. The molecule has 0 aromatic heterocycles. The Morgan fingerprint density at radius 2 is 2.12 bits per heavy atom. The van der Waals surface area contributed by atoms with E-state index < -0.39 is 0 Å². The summed E-state index contributed by atoms with van der Waals surface area (Å²) in [5, 5.41) is 12.4. The molecule has 1 atom stereocenters. The van der Waals surface area contributed by atoms with Crippen molar-refractivity contribution in [2.75, 3.05) is 13.2 Å². The first-order valence-corrected chi connectivity index (χ1v) is 5.72. The standard InChI is InChI=1S/C13H20FNO/c1-10(2)13(9-16)15-7-6-11-4-3-5-12(14)8-11/h3-5,8,10,13,15-16H,6-7,9H2,1-2H3. The summed E-state index contributed by atoms with van der Waals surface area (Å²) in [5.41, 5.74) is 0.980. The molecule has 1 aromatic carbocycles. The van der Waals surface area contributed by atoms with Gasteiger partial charge in [-0.05, 0) is 36.6 Å². The van der Waals surface area contributed by atoms with Crippen molar-refractivity contribution in [2.45, 2.75) is 26.3 Å². The van der Waals surface area contributed by atoms with E-state index in [1.165, 1.54) is 6.07 Å². The van der Waals surface area contributed by atoms with Crippen molar-refractivity contribution in [1.29, 1.82) is 0 Å². The van der Waals surface area contributed by atoms with Crippen molar-refractivity contribution in [3.05, 3.63) is 35.6 Å². The average Bonchev–Trinajstić information content (AvgIpc) is 2.24. The van der Waals surface area contributed by atoms with E-state index in [-0.39, 0.29) is 18.5 Å². The van der Waals surface area contributed by atoms with Gasteiger partial charge in [-0.3, -0.25) is 0 Å². The molecule has 0 saturated carbocycles. The lowest BCUT2D eigenvalue weighted by Gasteiger charge is -2.19. The van der Waals surface area contributed by atoms with Gasteiger partial charge in [-0.1, -0.05) is 26.0 Å². The highest BCUT2D eigenvalue weighted by atomic mass is 19.1. The maximum Gasteiger partial charge on any atom is 0.123 e. The molecule has 0 aliphatic heterocycles. The first-order chi connectivity index (χ1) is 7.63. The van der Waals surface area contributed by atoms with E-state index in [4.69, 9.17) is 5.11 Å². The van der Waals surface area contributed by atoms with Crippen molar-refractivity contribution >= 4 is 0 Å². The highest BCUT2D eigenvalue weighted by Gasteiger charge is 2.10. The van der Waals surface area contributed by atoms with Gasteiger partial charge >= 0.3 is 0 Å². The molecule has 0 fully saturated rings. The predicted octanol–water partition coefficient (Wildman–Crippen LogP) is 1.97. The largest absolute Gasteiger partial charge is 0.395 e. The Bertz CT molecular complexity index is 315. The van der Waals surface area contributed by atoms with Crippen molar-refractivity contribution in [2.24, 2.45) is 5.92 Å². The third-order valence-corrected chi connectivity index (χ3v) is 2.71. The summed E-state index contributed by atoms with van der Waals surface area (Å²) < 4.78 is 12.9. The fraction of sp³-hybridized carbons (Fsp3) is 0.538. The third kappa shape index (κ3) is 4.29. The van der Waals surface area contributed by atoms with Crippen LogP contribution in [0.1, 0.15) is 19.4 Å². The second kappa shape index (κ2) is 6.61. The van der Waals surface area contributed by atoms with Gasteiger partial charge in [-0.15, -0.1) is 0 Å². The zero-order valence-electron chi connectivity index (χ0n) is 9.91. The zero-order chi connectivity index (χ0) is 12.0. The van der Waals surface area contributed by atoms with Gasteiger partial charge < -0.3 is 10.4 Å². The number of rotatable bonds is 6. The first-order valence-electron chi connectivity index (χ1n) is 5.72. The minimum absolute atomic E-state index is 0.119. The molecule has 2 N–H and O–H groups in total. The smallest absolute Gasteiger partial charge is 0.123 e. The molecule has 1 unspecified atom stereocenters. The van der Waals surface area contributed by atoms with Crippen LogP contribution in [0.3, 0.4) is 0 Å². The second-order valence-electron chi connectivity index (χ2n) is 4.37. The molecule has 0 saturated heterocycles. The van der Waals surface area contributed by atoms with Crippen LogP contribution in [0, 0.1) is 11.7 Å². The van der Waals surface area contributed by atoms with Crippen molar-refractivity contribution in [3.8, 4) is 0 Å². The highest BCUT2D eigenvalue weighted by Crippen LogP contribution is 2.05. The first kappa shape index (κ1) is 13.1. The van der Waals surface area contributed by atoms with E-state index >= 15 is 0 Å². The Balaban J connectivity index is 2.35. The Morgan fingerprint density at radius 1 is 1.38 bits per heavy atom. The van der Waals surface area contributed by atoms with Gasteiger partial charge in [0.1, 0.15) is 5.82 Å². The SMILES string of the molecule is CC(C)C(CO)NCCc1cccc(F)c1. The molecular weight excluding hydrogens is 205 g/mol. The number of nitrogens with one attached hydrogen (secondary N) is 1. The summed E-state index contributed by atoms with van der Waals surface area (Å²) >= 11 is 0. The van der Waals surface area contributed by atoms with E-state index in [0.717, 1.165) is 18.5 Å². The highest BCUT2D eigenvalue weighted by molar-refractivity contribution is 5.16. The van der Waals surface area contributed by atoms with Crippen LogP contribution in [-0.4, -0.2) is 24.3 Å². The van der Waals surface area contributed by atoms with Crippen molar-refractivity contribution < 1.29 is 9.50 Å². The van der Waals surface area contributed by atoms with E-state index in [0.29, 0.717) is 5.92 Å². The van der Waals surface area contributed by atoms with Crippen LogP contribution in [0.25, 0.3) is 0 Å². The number of aliphatic hydroxyl groups is 1. The lowest BCUT2D eigenvalue weighted by atomic mass is 10.0. The molecule has 2 nitrogen and oxygen atoms in total. The van der Waals surface area contributed by atoms with Crippen LogP contribution in [-0.2, 0) is 6.42 Å². The predicted molar refractivity (Wildman–Crippen MR) is 63.8 cm³/mol. The van der Waals surface area contributed by atoms with Crippen LogP contribution < -0.4 is 5.32 Å². The van der Waals surface area contributed by atoms with Gasteiger partial charge in [0.15, 0.2) is 0 Å². The van der Waals surface area contributed by atoms with Crippen LogP contribution in [0.5, 0.6) is 0 Å². The maximum absolute atomic E-state index is 12.9. The third-order valence-electron chi connectivity index (χ3n) is 2.71. The van der Waals surface area contributed by atoms with Gasteiger partial charge in [-0.25, -0.2) is 4.39 Å². The lowest BCUT2D eigenvalue weighted by Crippen LogP contribution is -2.38. The molecule has 16 heavy (non-hydrogen) atoms. The molecule has 1 rings (SSSR count). The summed E-state index contributed by atoms with van der Waals surface area (Å²) in [6.07, 6.45) is 0.779. The van der Waals surface area contributed by atoms with Crippen LogP contribution in [0.15, 0.2) is 24.3 Å². The Hall–Kier alpha value is -0.930. The van der Waals surface area contributed by atoms with Gasteiger partial charge in [0.25, 0.3) is 0 Å².